The maximum absolute atomic E-state index is 12.8. The van der Waals surface area contributed by atoms with Crippen LogP contribution in [0.15, 0.2) is 30.5 Å². The Morgan fingerprint density at radius 2 is 1.96 bits per heavy atom. The number of amides is 1. The van der Waals surface area contributed by atoms with Crippen molar-refractivity contribution in [2.75, 3.05) is 13.1 Å². The predicted molar refractivity (Wildman–Crippen MR) is 95.1 cm³/mol. The smallest absolute Gasteiger partial charge is 0.272 e. The van der Waals surface area contributed by atoms with Gasteiger partial charge in [-0.2, -0.15) is 5.10 Å². The summed E-state index contributed by atoms with van der Waals surface area (Å²) in [4.78, 5) is 18.9. The standard InChI is InChI=1S/C19H26N4O2/c1-13(2)16-12-17(22(3)21-16)19(25)23-10-7-14(8-11-23)18(24)15-6-4-5-9-20-15/h4-6,9,12-14,18,24H,7-8,10-11H2,1-3H3/t18-/m1/s1. The lowest BCUT2D eigenvalue weighted by Crippen LogP contribution is -2.40. The minimum Gasteiger partial charge on any atom is -0.387 e. The summed E-state index contributed by atoms with van der Waals surface area (Å²) in [6.07, 6.45) is 2.69. The molecule has 0 aliphatic carbocycles. The van der Waals surface area contributed by atoms with Crippen molar-refractivity contribution in [1.82, 2.24) is 19.7 Å². The maximum Gasteiger partial charge on any atom is 0.272 e. The molecule has 0 spiro atoms. The van der Waals surface area contributed by atoms with Crippen molar-refractivity contribution in [3.05, 3.63) is 47.5 Å². The fourth-order valence-electron chi connectivity index (χ4n) is 3.34. The fourth-order valence-corrected chi connectivity index (χ4v) is 3.34. The van der Waals surface area contributed by atoms with E-state index >= 15 is 0 Å². The molecule has 0 unspecified atom stereocenters. The second-order valence-electron chi connectivity index (χ2n) is 7.06. The van der Waals surface area contributed by atoms with Gasteiger partial charge in [0.25, 0.3) is 5.91 Å². The summed E-state index contributed by atoms with van der Waals surface area (Å²) in [5, 5.41) is 14.9. The van der Waals surface area contributed by atoms with Gasteiger partial charge in [-0.25, -0.2) is 0 Å². The first-order valence-corrected chi connectivity index (χ1v) is 8.89. The Bertz CT molecular complexity index is 718. The minimum atomic E-state index is -0.567. The van der Waals surface area contributed by atoms with E-state index in [4.69, 9.17) is 0 Å². The van der Waals surface area contributed by atoms with E-state index in [0.717, 1.165) is 18.5 Å². The van der Waals surface area contributed by atoms with E-state index in [1.54, 1.807) is 10.9 Å². The highest BCUT2D eigenvalue weighted by atomic mass is 16.3. The molecule has 134 valence electrons. The fraction of sp³-hybridized carbons (Fsp3) is 0.526. The molecule has 0 saturated carbocycles. The number of aliphatic hydroxyl groups excluding tert-OH is 1. The van der Waals surface area contributed by atoms with Crippen LogP contribution in [0, 0.1) is 5.92 Å². The molecule has 1 aliphatic heterocycles. The molecule has 3 heterocycles. The highest BCUT2D eigenvalue weighted by Crippen LogP contribution is 2.30. The molecule has 1 atom stereocenters. The molecule has 6 heteroatoms. The number of likely N-dealkylation sites (tertiary alicyclic amines) is 1. The predicted octanol–water partition coefficient (Wildman–Crippen LogP) is 2.52. The molecule has 1 aliphatic rings. The third-order valence-corrected chi connectivity index (χ3v) is 4.97. The molecule has 0 radical (unpaired) electrons. The minimum absolute atomic E-state index is 0.0210. The summed E-state index contributed by atoms with van der Waals surface area (Å²) in [6, 6.07) is 7.48. The maximum atomic E-state index is 12.8. The number of nitrogens with zero attached hydrogens (tertiary/aromatic N) is 4. The molecule has 6 nitrogen and oxygen atoms in total. The van der Waals surface area contributed by atoms with E-state index < -0.39 is 6.10 Å². The number of aryl methyl sites for hydroxylation is 1. The molecule has 3 rings (SSSR count). The molecule has 0 aromatic carbocycles. The van der Waals surface area contributed by atoms with Gasteiger partial charge in [0.15, 0.2) is 0 Å². The monoisotopic (exact) mass is 342 g/mol. The third-order valence-electron chi connectivity index (χ3n) is 4.97. The van der Waals surface area contributed by atoms with Crippen LogP contribution in [0.2, 0.25) is 0 Å². The summed E-state index contributed by atoms with van der Waals surface area (Å²) in [5.74, 6) is 0.455. The van der Waals surface area contributed by atoms with Crippen LogP contribution in [0.1, 0.15) is 60.6 Å². The zero-order valence-electron chi connectivity index (χ0n) is 15.1. The van der Waals surface area contributed by atoms with Crippen molar-refractivity contribution < 1.29 is 9.90 Å². The first-order valence-electron chi connectivity index (χ1n) is 8.89. The van der Waals surface area contributed by atoms with Crippen molar-refractivity contribution in [2.24, 2.45) is 13.0 Å². The molecule has 2 aromatic rings. The van der Waals surface area contributed by atoms with Gasteiger partial charge in [0, 0.05) is 26.3 Å². The topological polar surface area (TPSA) is 71.2 Å². The summed E-state index contributed by atoms with van der Waals surface area (Å²) in [6.45, 7) is 5.44. The normalized spacial score (nSPS) is 17.1. The van der Waals surface area contributed by atoms with Gasteiger partial charge in [-0.15, -0.1) is 0 Å². The number of carbonyl (C=O) groups excluding carboxylic acids is 1. The Morgan fingerprint density at radius 1 is 1.24 bits per heavy atom. The largest absolute Gasteiger partial charge is 0.387 e. The lowest BCUT2D eigenvalue weighted by molar-refractivity contribution is 0.0441. The Labute approximate surface area is 148 Å². The highest BCUT2D eigenvalue weighted by Gasteiger charge is 2.30. The molecule has 1 amide bonds. The van der Waals surface area contributed by atoms with Crippen molar-refractivity contribution in [2.45, 2.75) is 38.7 Å². The van der Waals surface area contributed by atoms with Gasteiger partial charge in [-0.05, 0) is 42.9 Å². The van der Waals surface area contributed by atoms with Crippen molar-refractivity contribution >= 4 is 5.91 Å². The second kappa shape index (κ2) is 7.35. The number of hydrogen-bond acceptors (Lipinski definition) is 4. The molecule has 1 fully saturated rings. The van der Waals surface area contributed by atoms with Crippen LogP contribution < -0.4 is 0 Å². The first-order chi connectivity index (χ1) is 12.0. The number of rotatable bonds is 4. The van der Waals surface area contributed by atoms with Crippen molar-refractivity contribution in [3.8, 4) is 0 Å². The average molecular weight is 342 g/mol. The van der Waals surface area contributed by atoms with E-state index in [2.05, 4.69) is 23.9 Å². The molecule has 0 bridgehead atoms. The van der Waals surface area contributed by atoms with Crippen LogP contribution in [0.25, 0.3) is 0 Å². The Kier molecular flexibility index (Phi) is 5.18. The zero-order valence-corrected chi connectivity index (χ0v) is 15.1. The van der Waals surface area contributed by atoms with E-state index in [-0.39, 0.29) is 11.8 Å². The summed E-state index contributed by atoms with van der Waals surface area (Å²) in [7, 11) is 1.82. The van der Waals surface area contributed by atoms with Gasteiger partial charge in [0.05, 0.1) is 17.5 Å². The Balaban J connectivity index is 1.63. The third kappa shape index (κ3) is 3.74. The molecule has 25 heavy (non-hydrogen) atoms. The molecule has 1 saturated heterocycles. The lowest BCUT2D eigenvalue weighted by atomic mass is 9.89. The van der Waals surface area contributed by atoms with Crippen LogP contribution in [-0.2, 0) is 7.05 Å². The molecular weight excluding hydrogens is 316 g/mol. The average Bonchev–Trinajstić information content (AvgIpc) is 3.03. The molecule has 2 aromatic heterocycles. The van der Waals surface area contributed by atoms with Gasteiger partial charge in [-0.3, -0.25) is 14.5 Å². The van der Waals surface area contributed by atoms with E-state index in [0.29, 0.717) is 30.4 Å². The van der Waals surface area contributed by atoms with Crippen molar-refractivity contribution in [3.63, 3.8) is 0 Å². The molecule has 1 N–H and O–H groups in total. The summed E-state index contributed by atoms with van der Waals surface area (Å²) in [5.41, 5.74) is 2.28. The van der Waals surface area contributed by atoms with Gasteiger partial charge in [0.2, 0.25) is 0 Å². The lowest BCUT2D eigenvalue weighted by Gasteiger charge is -2.34. The summed E-state index contributed by atoms with van der Waals surface area (Å²) >= 11 is 0. The number of hydrogen-bond donors (Lipinski definition) is 1. The number of aromatic nitrogens is 3. The number of aliphatic hydroxyl groups is 1. The second-order valence-corrected chi connectivity index (χ2v) is 7.06. The van der Waals surface area contributed by atoms with Crippen LogP contribution in [0.3, 0.4) is 0 Å². The quantitative estimate of drug-likeness (QED) is 0.927. The van der Waals surface area contributed by atoms with Gasteiger partial charge < -0.3 is 10.0 Å². The van der Waals surface area contributed by atoms with Crippen LogP contribution in [0.4, 0.5) is 0 Å². The van der Waals surface area contributed by atoms with Crippen molar-refractivity contribution in [1.29, 1.82) is 0 Å². The Hall–Kier alpha value is -2.21. The van der Waals surface area contributed by atoms with E-state index in [1.807, 2.05) is 36.2 Å². The van der Waals surface area contributed by atoms with Crippen LogP contribution in [0.5, 0.6) is 0 Å². The highest BCUT2D eigenvalue weighted by molar-refractivity contribution is 5.92. The van der Waals surface area contributed by atoms with Gasteiger partial charge in [-0.1, -0.05) is 19.9 Å². The first kappa shape index (κ1) is 17.6. The number of pyridine rings is 1. The van der Waals surface area contributed by atoms with Crippen LogP contribution >= 0.6 is 0 Å². The van der Waals surface area contributed by atoms with Gasteiger partial charge >= 0.3 is 0 Å². The summed E-state index contributed by atoms with van der Waals surface area (Å²) < 4.78 is 1.67. The number of carbonyl (C=O) groups is 1. The van der Waals surface area contributed by atoms with Gasteiger partial charge in [0.1, 0.15) is 5.69 Å². The van der Waals surface area contributed by atoms with E-state index in [9.17, 15) is 9.90 Å². The van der Waals surface area contributed by atoms with Crippen LogP contribution in [-0.4, -0.2) is 43.8 Å². The molecular formula is C19H26N4O2. The van der Waals surface area contributed by atoms with E-state index in [1.165, 1.54) is 0 Å². The zero-order chi connectivity index (χ0) is 18.0. The number of piperidine rings is 1. The SMILES string of the molecule is CC(C)c1cc(C(=O)N2CCC([C@@H](O)c3ccccn3)CC2)n(C)n1. The Morgan fingerprint density at radius 3 is 2.52 bits per heavy atom.